The molecule has 1 amide bonds. The van der Waals surface area contributed by atoms with Crippen LogP contribution in [0.2, 0.25) is 0 Å². The van der Waals surface area contributed by atoms with Crippen LogP contribution in [0.25, 0.3) is 0 Å². The molecule has 2 rings (SSSR count). The van der Waals surface area contributed by atoms with E-state index in [1.54, 1.807) is 11.3 Å². The standard InChI is InChI=1S/C13H17N3OS2/c1-4-9-12(19-16-15-9)13(17)14-11(8(2)3)10-6-5-7-18-10/h5-8,11H,4H2,1-3H3,(H,14,17)/t11-/m1/s1. The third kappa shape index (κ3) is 3.19. The molecule has 4 nitrogen and oxygen atoms in total. The van der Waals surface area contributed by atoms with Gasteiger partial charge in [0.15, 0.2) is 0 Å². The number of rotatable bonds is 5. The minimum Gasteiger partial charge on any atom is -0.343 e. The summed E-state index contributed by atoms with van der Waals surface area (Å²) in [5, 5.41) is 9.11. The zero-order valence-corrected chi connectivity index (χ0v) is 12.8. The van der Waals surface area contributed by atoms with Crippen molar-refractivity contribution in [3.05, 3.63) is 33.0 Å². The number of nitrogens with zero attached hydrogens (tertiary/aromatic N) is 2. The van der Waals surface area contributed by atoms with Crippen molar-refractivity contribution in [1.82, 2.24) is 14.9 Å². The number of carbonyl (C=O) groups excluding carboxylic acids is 1. The molecule has 2 aromatic heterocycles. The number of thiophene rings is 1. The zero-order valence-electron chi connectivity index (χ0n) is 11.2. The van der Waals surface area contributed by atoms with E-state index in [4.69, 9.17) is 0 Å². The molecule has 0 aromatic carbocycles. The van der Waals surface area contributed by atoms with Gasteiger partial charge in [-0.05, 0) is 35.3 Å². The Hall–Kier alpha value is -1.27. The van der Waals surface area contributed by atoms with Gasteiger partial charge in [-0.1, -0.05) is 31.3 Å². The van der Waals surface area contributed by atoms with Gasteiger partial charge in [-0.15, -0.1) is 16.4 Å². The minimum absolute atomic E-state index is 0.0410. The summed E-state index contributed by atoms with van der Waals surface area (Å²) in [5.41, 5.74) is 0.774. The minimum atomic E-state index is -0.0704. The van der Waals surface area contributed by atoms with Crippen molar-refractivity contribution in [3.8, 4) is 0 Å². The summed E-state index contributed by atoms with van der Waals surface area (Å²) < 4.78 is 3.86. The van der Waals surface area contributed by atoms with Crippen LogP contribution in [0, 0.1) is 5.92 Å². The Balaban J connectivity index is 2.16. The fraction of sp³-hybridized carbons (Fsp3) is 0.462. The Morgan fingerprint density at radius 2 is 2.26 bits per heavy atom. The predicted molar refractivity (Wildman–Crippen MR) is 78.7 cm³/mol. The smallest absolute Gasteiger partial charge is 0.265 e. The highest BCUT2D eigenvalue weighted by Gasteiger charge is 2.22. The predicted octanol–water partition coefficient (Wildman–Crippen LogP) is 3.29. The van der Waals surface area contributed by atoms with Crippen LogP contribution in [-0.2, 0) is 6.42 Å². The van der Waals surface area contributed by atoms with Gasteiger partial charge in [0.1, 0.15) is 4.88 Å². The maximum absolute atomic E-state index is 12.3. The average molecular weight is 295 g/mol. The van der Waals surface area contributed by atoms with E-state index in [9.17, 15) is 4.79 Å². The summed E-state index contributed by atoms with van der Waals surface area (Å²) in [6.45, 7) is 6.19. The average Bonchev–Trinajstić information content (AvgIpc) is 3.05. The monoisotopic (exact) mass is 295 g/mol. The molecule has 102 valence electrons. The molecule has 0 aliphatic carbocycles. The molecule has 6 heteroatoms. The van der Waals surface area contributed by atoms with Gasteiger partial charge < -0.3 is 5.32 Å². The van der Waals surface area contributed by atoms with Gasteiger partial charge in [-0.2, -0.15) is 0 Å². The molecule has 0 saturated heterocycles. The van der Waals surface area contributed by atoms with E-state index in [0.29, 0.717) is 10.8 Å². The van der Waals surface area contributed by atoms with Crippen molar-refractivity contribution in [3.63, 3.8) is 0 Å². The lowest BCUT2D eigenvalue weighted by Crippen LogP contribution is -2.31. The molecule has 0 radical (unpaired) electrons. The normalized spacial score (nSPS) is 12.6. The van der Waals surface area contributed by atoms with Gasteiger partial charge in [-0.3, -0.25) is 4.79 Å². The summed E-state index contributed by atoms with van der Waals surface area (Å²) in [5.74, 6) is 0.271. The van der Waals surface area contributed by atoms with Gasteiger partial charge in [0.2, 0.25) is 0 Å². The van der Waals surface area contributed by atoms with Crippen molar-refractivity contribution >= 4 is 28.8 Å². The molecule has 0 spiro atoms. The molecule has 0 aliphatic rings. The number of carbonyl (C=O) groups is 1. The number of aromatic nitrogens is 2. The van der Waals surface area contributed by atoms with Crippen LogP contribution < -0.4 is 5.32 Å². The molecular weight excluding hydrogens is 278 g/mol. The Kier molecular flexibility index (Phi) is 4.66. The van der Waals surface area contributed by atoms with Crippen molar-refractivity contribution < 1.29 is 4.79 Å². The van der Waals surface area contributed by atoms with Gasteiger partial charge in [0, 0.05) is 4.88 Å². The van der Waals surface area contributed by atoms with Crippen LogP contribution in [0.4, 0.5) is 0 Å². The topological polar surface area (TPSA) is 54.9 Å². The van der Waals surface area contributed by atoms with Crippen LogP contribution in [0.3, 0.4) is 0 Å². The van der Waals surface area contributed by atoms with Crippen LogP contribution >= 0.6 is 22.9 Å². The van der Waals surface area contributed by atoms with Crippen LogP contribution in [-0.4, -0.2) is 15.5 Å². The van der Waals surface area contributed by atoms with Crippen molar-refractivity contribution in [2.45, 2.75) is 33.2 Å². The third-order valence-corrected chi connectivity index (χ3v) is 4.62. The fourth-order valence-electron chi connectivity index (χ4n) is 1.85. The first-order valence-electron chi connectivity index (χ1n) is 6.29. The molecule has 2 heterocycles. The number of hydrogen-bond donors (Lipinski definition) is 1. The second-order valence-corrected chi connectivity index (χ2v) is 6.35. The van der Waals surface area contributed by atoms with Gasteiger partial charge in [-0.25, -0.2) is 0 Å². The molecule has 0 saturated carbocycles. The Labute approximate surface area is 121 Å². The zero-order chi connectivity index (χ0) is 13.8. The van der Waals surface area contributed by atoms with E-state index in [1.807, 2.05) is 18.4 Å². The first-order valence-corrected chi connectivity index (χ1v) is 7.94. The van der Waals surface area contributed by atoms with E-state index >= 15 is 0 Å². The highest BCUT2D eigenvalue weighted by atomic mass is 32.1. The van der Waals surface area contributed by atoms with Crippen molar-refractivity contribution in [2.24, 2.45) is 5.92 Å². The molecule has 0 fully saturated rings. The Bertz CT molecular complexity index is 534. The number of nitrogens with one attached hydrogen (secondary N) is 1. The number of hydrogen-bond acceptors (Lipinski definition) is 5. The summed E-state index contributed by atoms with van der Waals surface area (Å²) in [6, 6.07) is 4.11. The molecule has 0 bridgehead atoms. The van der Waals surface area contributed by atoms with Crippen LogP contribution in [0.5, 0.6) is 0 Å². The van der Waals surface area contributed by atoms with Gasteiger partial charge >= 0.3 is 0 Å². The van der Waals surface area contributed by atoms with Gasteiger partial charge in [0.25, 0.3) is 5.91 Å². The van der Waals surface area contributed by atoms with E-state index in [-0.39, 0.29) is 11.9 Å². The maximum Gasteiger partial charge on any atom is 0.265 e. The van der Waals surface area contributed by atoms with Crippen LogP contribution in [0.1, 0.15) is 47.1 Å². The first-order chi connectivity index (χ1) is 9.13. The van der Waals surface area contributed by atoms with E-state index in [2.05, 4.69) is 34.8 Å². The second-order valence-electron chi connectivity index (χ2n) is 4.61. The molecule has 2 aromatic rings. The highest BCUT2D eigenvalue weighted by molar-refractivity contribution is 7.10. The lowest BCUT2D eigenvalue weighted by Gasteiger charge is -2.20. The fourth-order valence-corrected chi connectivity index (χ4v) is 3.46. The Morgan fingerprint density at radius 3 is 2.84 bits per heavy atom. The summed E-state index contributed by atoms with van der Waals surface area (Å²) in [7, 11) is 0. The largest absolute Gasteiger partial charge is 0.343 e. The summed E-state index contributed by atoms with van der Waals surface area (Å²) in [6.07, 6.45) is 0.727. The lowest BCUT2D eigenvalue weighted by molar-refractivity contribution is 0.0929. The lowest BCUT2D eigenvalue weighted by atomic mass is 10.0. The molecular formula is C13H17N3OS2. The number of amides is 1. The molecule has 1 atom stereocenters. The quantitative estimate of drug-likeness (QED) is 0.921. The molecule has 1 N–H and O–H groups in total. The van der Waals surface area contributed by atoms with Crippen LogP contribution in [0.15, 0.2) is 17.5 Å². The first kappa shape index (κ1) is 14.1. The van der Waals surface area contributed by atoms with E-state index in [1.165, 1.54) is 4.88 Å². The summed E-state index contributed by atoms with van der Waals surface area (Å²) in [4.78, 5) is 14.1. The molecule has 0 aliphatic heterocycles. The second kappa shape index (κ2) is 6.25. The summed E-state index contributed by atoms with van der Waals surface area (Å²) >= 11 is 2.83. The Morgan fingerprint density at radius 1 is 1.47 bits per heavy atom. The number of aryl methyl sites for hydroxylation is 1. The van der Waals surface area contributed by atoms with E-state index in [0.717, 1.165) is 23.6 Å². The molecule has 19 heavy (non-hydrogen) atoms. The van der Waals surface area contributed by atoms with Crippen molar-refractivity contribution in [1.29, 1.82) is 0 Å². The SMILES string of the molecule is CCc1nnsc1C(=O)N[C@@H](c1cccs1)C(C)C. The third-order valence-electron chi connectivity index (χ3n) is 2.90. The molecule has 0 unspecified atom stereocenters. The maximum atomic E-state index is 12.3. The van der Waals surface area contributed by atoms with Gasteiger partial charge in [0.05, 0.1) is 11.7 Å². The highest BCUT2D eigenvalue weighted by Crippen LogP contribution is 2.26. The van der Waals surface area contributed by atoms with Crippen molar-refractivity contribution in [2.75, 3.05) is 0 Å². The van der Waals surface area contributed by atoms with E-state index < -0.39 is 0 Å².